The number of hydrogen-bond donors (Lipinski definition) is 1. The van der Waals surface area contributed by atoms with Gasteiger partial charge in [-0.1, -0.05) is 41.9 Å². The third-order valence-electron chi connectivity index (χ3n) is 5.21. The summed E-state index contributed by atoms with van der Waals surface area (Å²) in [5.74, 6) is -0.134. The van der Waals surface area contributed by atoms with Crippen molar-refractivity contribution in [2.75, 3.05) is 6.54 Å². The van der Waals surface area contributed by atoms with Crippen LogP contribution in [0.1, 0.15) is 41.9 Å². The van der Waals surface area contributed by atoms with Gasteiger partial charge in [0.05, 0.1) is 11.7 Å². The Labute approximate surface area is 177 Å². The minimum atomic E-state index is -0.713. The molecule has 0 radical (unpaired) electrons. The molecule has 1 heterocycles. The topological polar surface area (TPSA) is 86.0 Å². The van der Waals surface area contributed by atoms with Crippen LogP contribution in [-0.4, -0.2) is 26.8 Å². The fourth-order valence-corrected chi connectivity index (χ4v) is 3.37. The van der Waals surface area contributed by atoms with Crippen molar-refractivity contribution in [3.05, 3.63) is 91.7 Å². The first-order chi connectivity index (χ1) is 14.5. The molecule has 1 aliphatic rings. The molecule has 8 heteroatoms. The molecule has 0 unspecified atom stereocenters. The Balaban J connectivity index is 1.86. The first kappa shape index (κ1) is 20.1. The zero-order chi connectivity index (χ0) is 21.3. The molecule has 7 nitrogen and oxygen atoms in total. The predicted octanol–water partition coefficient (Wildman–Crippen LogP) is 2.80. The molecule has 1 fully saturated rings. The van der Waals surface area contributed by atoms with E-state index in [1.54, 1.807) is 31.2 Å². The van der Waals surface area contributed by atoms with E-state index >= 15 is 0 Å². The Morgan fingerprint density at radius 1 is 1.13 bits per heavy atom. The van der Waals surface area contributed by atoms with Gasteiger partial charge in [0.1, 0.15) is 0 Å². The Morgan fingerprint density at radius 3 is 2.43 bits per heavy atom. The van der Waals surface area contributed by atoms with Gasteiger partial charge in [0, 0.05) is 11.6 Å². The molecule has 1 atom stereocenters. The summed E-state index contributed by atoms with van der Waals surface area (Å²) in [6.07, 6.45) is 2.13. The third-order valence-corrected chi connectivity index (χ3v) is 5.46. The minimum Gasteiger partial charge on any atom is -0.350 e. The molecular weight excluding hydrogens is 404 g/mol. The number of rotatable bonds is 6. The molecular formula is C22H21ClN4O3. The predicted molar refractivity (Wildman–Crippen MR) is 114 cm³/mol. The van der Waals surface area contributed by atoms with E-state index in [2.05, 4.69) is 10.4 Å². The molecule has 1 aromatic heterocycles. The Morgan fingerprint density at radius 2 is 1.80 bits per heavy atom. The lowest BCUT2D eigenvalue weighted by Gasteiger charge is -2.17. The van der Waals surface area contributed by atoms with Gasteiger partial charge >= 0.3 is 5.69 Å². The average Bonchev–Trinajstić information content (AvgIpc) is 3.58. The second kappa shape index (κ2) is 8.28. The quantitative estimate of drug-likeness (QED) is 0.659. The summed E-state index contributed by atoms with van der Waals surface area (Å²) in [7, 11) is 0. The lowest BCUT2D eigenvalue weighted by atomic mass is 10.1. The van der Waals surface area contributed by atoms with Crippen LogP contribution in [0.15, 0.2) is 64.2 Å². The Hall–Kier alpha value is -3.19. The molecule has 0 bridgehead atoms. The molecule has 0 saturated heterocycles. The molecule has 1 saturated carbocycles. The maximum atomic E-state index is 13.2. The summed E-state index contributed by atoms with van der Waals surface area (Å²) < 4.78 is 2.15. The van der Waals surface area contributed by atoms with E-state index in [1.165, 1.54) is 0 Å². The summed E-state index contributed by atoms with van der Waals surface area (Å²) in [6, 6.07) is 15.1. The van der Waals surface area contributed by atoms with Gasteiger partial charge in [-0.25, -0.2) is 9.36 Å². The number of carbonyl (C=O) groups is 1. The molecule has 1 amide bonds. The molecule has 3 aromatic rings. The maximum absolute atomic E-state index is 13.2. The third kappa shape index (κ3) is 4.07. The number of amides is 1. The number of hydrogen-bond acceptors (Lipinski definition) is 4. The normalized spacial score (nSPS) is 14.3. The first-order valence-corrected chi connectivity index (χ1v) is 10.2. The fraction of sp³-hybridized carbons (Fsp3) is 0.273. The average molecular weight is 425 g/mol. The van der Waals surface area contributed by atoms with Gasteiger partial charge < -0.3 is 5.32 Å². The van der Waals surface area contributed by atoms with Crippen LogP contribution in [0.4, 0.5) is 0 Å². The van der Waals surface area contributed by atoms with E-state index in [0.29, 0.717) is 23.2 Å². The van der Waals surface area contributed by atoms with Gasteiger partial charge in [-0.05, 0) is 55.5 Å². The summed E-state index contributed by atoms with van der Waals surface area (Å²) in [5.41, 5.74) is -0.468. The smallest absolute Gasteiger partial charge is 0.350 e. The van der Waals surface area contributed by atoms with Crippen LogP contribution >= 0.6 is 11.6 Å². The van der Waals surface area contributed by atoms with Crippen LogP contribution in [0.3, 0.4) is 0 Å². The number of halogens is 1. The molecule has 0 spiro atoms. The standard InChI is InChI=1S/C22H21ClN4O3/c1-14(16-5-3-2-4-6-16)26-21(29)19(20(28)24-13-15-7-8-15)25-27(22(26)30)18-11-9-17(23)10-12-18/h2-6,9-12,14-15H,7-8,13H2,1H3,(H,24,28)/t14-/m1/s1. The van der Waals surface area contributed by atoms with Crippen molar-refractivity contribution >= 4 is 17.5 Å². The Kier molecular flexibility index (Phi) is 5.55. The van der Waals surface area contributed by atoms with Crippen molar-refractivity contribution in [2.24, 2.45) is 5.92 Å². The molecule has 0 aliphatic heterocycles. The van der Waals surface area contributed by atoms with Crippen LogP contribution < -0.4 is 16.6 Å². The summed E-state index contributed by atoms with van der Waals surface area (Å²) >= 11 is 5.96. The summed E-state index contributed by atoms with van der Waals surface area (Å²) in [6.45, 7) is 2.24. The first-order valence-electron chi connectivity index (χ1n) is 9.80. The molecule has 4 rings (SSSR count). The summed E-state index contributed by atoms with van der Waals surface area (Å²) in [4.78, 5) is 39.1. The Bertz CT molecular complexity index is 1180. The highest BCUT2D eigenvalue weighted by atomic mass is 35.5. The van der Waals surface area contributed by atoms with Crippen molar-refractivity contribution in [3.8, 4) is 5.69 Å². The summed E-state index contributed by atoms with van der Waals surface area (Å²) in [5, 5.41) is 7.39. The van der Waals surface area contributed by atoms with Gasteiger partial charge in [-0.3, -0.25) is 9.59 Å². The number of benzene rings is 2. The van der Waals surface area contributed by atoms with Gasteiger partial charge in [-0.15, -0.1) is 0 Å². The van der Waals surface area contributed by atoms with Crippen LogP contribution in [0.5, 0.6) is 0 Å². The number of carbonyl (C=O) groups excluding carboxylic acids is 1. The number of nitrogens with one attached hydrogen (secondary N) is 1. The van der Waals surface area contributed by atoms with Gasteiger partial charge in [0.25, 0.3) is 11.5 Å². The highest BCUT2D eigenvalue weighted by molar-refractivity contribution is 6.30. The second-order valence-corrected chi connectivity index (χ2v) is 7.87. The van der Waals surface area contributed by atoms with E-state index in [-0.39, 0.29) is 5.69 Å². The highest BCUT2D eigenvalue weighted by Crippen LogP contribution is 2.27. The van der Waals surface area contributed by atoms with Crippen LogP contribution in [-0.2, 0) is 0 Å². The van der Waals surface area contributed by atoms with Gasteiger partial charge in [0.2, 0.25) is 5.69 Å². The SMILES string of the molecule is C[C@H](c1ccccc1)n1c(=O)c(C(=O)NCC2CC2)nn(-c2ccc(Cl)cc2)c1=O. The van der Waals surface area contributed by atoms with E-state index < -0.39 is 23.2 Å². The van der Waals surface area contributed by atoms with Crippen molar-refractivity contribution < 1.29 is 4.79 Å². The van der Waals surface area contributed by atoms with Crippen molar-refractivity contribution in [1.29, 1.82) is 0 Å². The van der Waals surface area contributed by atoms with E-state index in [1.807, 2.05) is 30.3 Å². The van der Waals surface area contributed by atoms with Crippen molar-refractivity contribution in [1.82, 2.24) is 19.7 Å². The number of aromatic nitrogens is 3. The second-order valence-electron chi connectivity index (χ2n) is 7.43. The van der Waals surface area contributed by atoms with Gasteiger partial charge in [-0.2, -0.15) is 9.78 Å². The zero-order valence-corrected chi connectivity index (χ0v) is 17.2. The monoisotopic (exact) mass is 424 g/mol. The largest absolute Gasteiger partial charge is 0.352 e. The maximum Gasteiger partial charge on any atom is 0.352 e. The molecule has 30 heavy (non-hydrogen) atoms. The molecule has 154 valence electrons. The van der Waals surface area contributed by atoms with Crippen LogP contribution in [0.25, 0.3) is 5.69 Å². The zero-order valence-electron chi connectivity index (χ0n) is 16.4. The van der Waals surface area contributed by atoms with Crippen molar-refractivity contribution in [3.63, 3.8) is 0 Å². The highest BCUT2D eigenvalue weighted by Gasteiger charge is 2.26. The number of nitrogens with zero attached hydrogens (tertiary/aromatic N) is 3. The van der Waals surface area contributed by atoms with E-state index in [0.717, 1.165) is 27.7 Å². The van der Waals surface area contributed by atoms with Crippen LogP contribution in [0, 0.1) is 5.92 Å². The lowest BCUT2D eigenvalue weighted by molar-refractivity contribution is 0.0941. The molecule has 2 aromatic carbocycles. The van der Waals surface area contributed by atoms with Gasteiger partial charge in [0.15, 0.2) is 0 Å². The van der Waals surface area contributed by atoms with E-state index in [4.69, 9.17) is 11.6 Å². The van der Waals surface area contributed by atoms with Crippen molar-refractivity contribution in [2.45, 2.75) is 25.8 Å². The van der Waals surface area contributed by atoms with E-state index in [9.17, 15) is 14.4 Å². The lowest BCUT2D eigenvalue weighted by Crippen LogP contribution is -2.47. The molecule has 1 aliphatic carbocycles. The fourth-order valence-electron chi connectivity index (χ4n) is 3.25. The minimum absolute atomic E-state index is 0.312. The van der Waals surface area contributed by atoms with Crippen LogP contribution in [0.2, 0.25) is 5.02 Å². The molecule has 1 N–H and O–H groups in total.